The van der Waals surface area contributed by atoms with Gasteiger partial charge in [-0.05, 0) is 42.5 Å². The molecule has 0 saturated carbocycles. The molecule has 0 aliphatic heterocycles. The van der Waals surface area contributed by atoms with Gasteiger partial charge in [-0.1, -0.05) is 103 Å². The normalized spacial score (nSPS) is 11.8. The number of benzene rings is 6. The van der Waals surface area contributed by atoms with Crippen molar-refractivity contribution in [2.45, 2.75) is 0 Å². The quantitative estimate of drug-likeness (QED) is 0.225. The molecule has 196 valence electrons. The number of rotatable bonds is 3. The highest BCUT2D eigenvalue weighted by atomic mass is 15.1. The summed E-state index contributed by atoms with van der Waals surface area (Å²) >= 11 is 0. The van der Waals surface area contributed by atoms with Crippen LogP contribution in [0, 0.1) is 0 Å². The Morgan fingerprint density at radius 2 is 0.881 bits per heavy atom. The zero-order valence-corrected chi connectivity index (χ0v) is 22.6. The van der Waals surface area contributed by atoms with Gasteiger partial charge in [-0.25, -0.2) is 9.97 Å². The van der Waals surface area contributed by atoms with Gasteiger partial charge in [-0.3, -0.25) is 4.57 Å². The molecule has 3 aromatic heterocycles. The van der Waals surface area contributed by atoms with E-state index in [0.717, 1.165) is 44.8 Å². The van der Waals surface area contributed by atoms with Crippen LogP contribution >= 0.6 is 0 Å². The Morgan fingerprint density at radius 3 is 1.52 bits per heavy atom. The van der Waals surface area contributed by atoms with E-state index in [4.69, 9.17) is 9.97 Å². The van der Waals surface area contributed by atoms with Gasteiger partial charge in [0.1, 0.15) is 5.69 Å². The maximum atomic E-state index is 5.28. The third-order valence-corrected chi connectivity index (χ3v) is 8.31. The van der Waals surface area contributed by atoms with Crippen LogP contribution in [-0.4, -0.2) is 19.1 Å². The van der Waals surface area contributed by atoms with E-state index in [9.17, 15) is 0 Å². The fraction of sp³-hybridized carbons (Fsp3) is 0. The SMILES string of the molecule is c1ccc(-c2nc3ccccc3nc2-n2c3ccccc3c3ccc(-n4c5ccccc5c5ccccc54)cc32)cc1. The lowest BCUT2D eigenvalue weighted by molar-refractivity contribution is 1.08. The molecule has 0 saturated heterocycles. The number of nitrogens with zero attached hydrogens (tertiary/aromatic N) is 4. The van der Waals surface area contributed by atoms with Gasteiger partial charge in [0.15, 0.2) is 5.82 Å². The van der Waals surface area contributed by atoms with Gasteiger partial charge in [-0.15, -0.1) is 0 Å². The van der Waals surface area contributed by atoms with Gasteiger partial charge in [0.05, 0.1) is 33.1 Å². The maximum Gasteiger partial charge on any atom is 0.165 e. The number of para-hydroxylation sites is 5. The van der Waals surface area contributed by atoms with Crippen molar-refractivity contribution in [3.8, 4) is 22.8 Å². The van der Waals surface area contributed by atoms with Crippen LogP contribution in [0.4, 0.5) is 0 Å². The van der Waals surface area contributed by atoms with E-state index >= 15 is 0 Å². The second kappa shape index (κ2) is 8.88. The zero-order valence-electron chi connectivity index (χ0n) is 22.6. The summed E-state index contributed by atoms with van der Waals surface area (Å²) in [6.45, 7) is 0. The Balaban J connectivity index is 1.41. The van der Waals surface area contributed by atoms with Crippen molar-refractivity contribution in [2.75, 3.05) is 0 Å². The maximum absolute atomic E-state index is 5.28. The van der Waals surface area contributed by atoms with Crippen LogP contribution in [-0.2, 0) is 0 Å². The molecule has 0 bridgehead atoms. The minimum Gasteiger partial charge on any atom is -0.309 e. The summed E-state index contributed by atoms with van der Waals surface area (Å²) in [6.07, 6.45) is 0. The molecular weight excluding hydrogens is 512 g/mol. The fourth-order valence-electron chi connectivity index (χ4n) is 6.46. The van der Waals surface area contributed by atoms with Crippen molar-refractivity contribution in [3.05, 3.63) is 146 Å². The van der Waals surface area contributed by atoms with E-state index in [1.54, 1.807) is 0 Å². The van der Waals surface area contributed by atoms with E-state index < -0.39 is 0 Å². The molecule has 9 rings (SSSR count). The molecule has 0 N–H and O–H groups in total. The van der Waals surface area contributed by atoms with Crippen LogP contribution in [0.3, 0.4) is 0 Å². The van der Waals surface area contributed by atoms with Crippen LogP contribution in [0.25, 0.3) is 77.4 Å². The second-order valence-corrected chi connectivity index (χ2v) is 10.7. The molecule has 3 heterocycles. The number of fused-ring (bicyclic) bond motifs is 7. The van der Waals surface area contributed by atoms with E-state index in [2.05, 4.69) is 124 Å². The highest BCUT2D eigenvalue weighted by Gasteiger charge is 2.20. The first-order valence-electron chi connectivity index (χ1n) is 14.2. The van der Waals surface area contributed by atoms with E-state index in [0.29, 0.717) is 0 Å². The summed E-state index contributed by atoms with van der Waals surface area (Å²) < 4.78 is 4.67. The summed E-state index contributed by atoms with van der Waals surface area (Å²) in [5, 5.41) is 4.88. The third-order valence-electron chi connectivity index (χ3n) is 8.31. The van der Waals surface area contributed by atoms with E-state index in [1.807, 2.05) is 30.3 Å². The predicted molar refractivity (Wildman–Crippen MR) is 174 cm³/mol. The van der Waals surface area contributed by atoms with Crippen LogP contribution in [0.1, 0.15) is 0 Å². The number of hydrogen-bond acceptors (Lipinski definition) is 2. The van der Waals surface area contributed by atoms with Crippen molar-refractivity contribution in [1.82, 2.24) is 19.1 Å². The Bertz CT molecular complexity index is 2410. The summed E-state index contributed by atoms with van der Waals surface area (Å²) in [4.78, 5) is 10.5. The molecule has 0 unspecified atom stereocenters. The molecule has 6 aromatic carbocycles. The van der Waals surface area contributed by atoms with Gasteiger partial charge in [-0.2, -0.15) is 0 Å². The van der Waals surface area contributed by atoms with E-state index in [1.165, 1.54) is 32.6 Å². The van der Waals surface area contributed by atoms with Gasteiger partial charge < -0.3 is 4.57 Å². The average molecular weight is 537 g/mol. The topological polar surface area (TPSA) is 35.6 Å². The number of aromatic nitrogens is 4. The van der Waals surface area contributed by atoms with Crippen molar-refractivity contribution in [2.24, 2.45) is 0 Å². The van der Waals surface area contributed by atoms with Crippen molar-refractivity contribution in [3.63, 3.8) is 0 Å². The molecule has 4 nitrogen and oxygen atoms in total. The van der Waals surface area contributed by atoms with Crippen LogP contribution in [0.5, 0.6) is 0 Å². The molecular formula is C38H24N4. The summed E-state index contributed by atoms with van der Waals surface area (Å²) in [6, 6.07) is 51.2. The lowest BCUT2D eigenvalue weighted by Crippen LogP contribution is -2.04. The van der Waals surface area contributed by atoms with Crippen molar-refractivity contribution in [1.29, 1.82) is 0 Å². The van der Waals surface area contributed by atoms with Gasteiger partial charge >= 0.3 is 0 Å². The zero-order chi connectivity index (χ0) is 27.6. The fourth-order valence-corrected chi connectivity index (χ4v) is 6.46. The average Bonchev–Trinajstić information content (AvgIpc) is 3.57. The third kappa shape index (κ3) is 3.29. The first kappa shape index (κ1) is 23.0. The minimum absolute atomic E-state index is 0.825. The van der Waals surface area contributed by atoms with Crippen LogP contribution < -0.4 is 0 Å². The van der Waals surface area contributed by atoms with Crippen molar-refractivity contribution >= 4 is 54.6 Å². The molecule has 0 spiro atoms. The second-order valence-electron chi connectivity index (χ2n) is 10.7. The summed E-state index contributed by atoms with van der Waals surface area (Å²) in [5.74, 6) is 0.825. The highest BCUT2D eigenvalue weighted by molar-refractivity contribution is 6.12. The Hall–Kier alpha value is -5.74. The Kier molecular flexibility index (Phi) is 4.87. The van der Waals surface area contributed by atoms with Gasteiger partial charge in [0, 0.05) is 32.8 Å². The minimum atomic E-state index is 0.825. The predicted octanol–water partition coefficient (Wildman–Crippen LogP) is 9.49. The molecule has 4 heteroatoms. The van der Waals surface area contributed by atoms with Crippen LogP contribution in [0.2, 0.25) is 0 Å². The van der Waals surface area contributed by atoms with E-state index in [-0.39, 0.29) is 0 Å². The molecule has 42 heavy (non-hydrogen) atoms. The lowest BCUT2D eigenvalue weighted by atomic mass is 10.1. The monoisotopic (exact) mass is 536 g/mol. The molecule has 0 atom stereocenters. The Labute approximate surface area is 241 Å². The summed E-state index contributed by atoms with van der Waals surface area (Å²) in [5.41, 5.74) is 9.34. The Morgan fingerprint density at radius 1 is 0.381 bits per heavy atom. The molecule has 0 fully saturated rings. The lowest BCUT2D eigenvalue weighted by Gasteiger charge is -2.14. The van der Waals surface area contributed by atoms with Gasteiger partial charge in [0.25, 0.3) is 0 Å². The first-order chi connectivity index (χ1) is 20.8. The first-order valence-corrected chi connectivity index (χ1v) is 14.2. The smallest absolute Gasteiger partial charge is 0.165 e. The number of hydrogen-bond donors (Lipinski definition) is 0. The molecule has 0 amide bonds. The standard InChI is InChI=1S/C38H24N4/c1-2-12-25(13-3-1)37-38(40-32-18-8-7-17-31(32)39-37)42-35-21-11-6-16-29(35)30-23-22-26(24-36(30)42)41-33-19-9-4-14-27(33)28-15-5-10-20-34(28)41/h1-24H. The molecule has 0 aliphatic carbocycles. The molecule has 9 aromatic rings. The molecule has 0 radical (unpaired) electrons. The molecule has 0 aliphatic rings. The van der Waals surface area contributed by atoms with Crippen LogP contribution in [0.15, 0.2) is 146 Å². The highest BCUT2D eigenvalue weighted by Crippen LogP contribution is 2.38. The largest absolute Gasteiger partial charge is 0.309 e. The van der Waals surface area contributed by atoms with Crippen molar-refractivity contribution < 1.29 is 0 Å². The summed E-state index contributed by atoms with van der Waals surface area (Å²) in [7, 11) is 0. The van der Waals surface area contributed by atoms with Gasteiger partial charge in [0.2, 0.25) is 0 Å².